The fraction of sp³-hybridized carbons (Fsp3) is 0.446. The number of carbonyl (C=O) groups is 7. The zero-order valence-corrected chi connectivity index (χ0v) is 63.6. The summed E-state index contributed by atoms with van der Waals surface area (Å²) in [5.41, 5.74) is 6.05. The van der Waals surface area contributed by atoms with Crippen molar-refractivity contribution in [1.29, 1.82) is 15.8 Å². The number of ether oxygens (including phenoxy) is 7. The summed E-state index contributed by atoms with van der Waals surface area (Å²) in [4.78, 5) is 93.9. The van der Waals surface area contributed by atoms with Crippen LogP contribution in [-0.2, 0) is 55.7 Å². The quantitative estimate of drug-likeness (QED) is 0.0653. The number of fused-ring (bicyclic) bond motifs is 3. The van der Waals surface area contributed by atoms with Crippen molar-refractivity contribution in [3.05, 3.63) is 200 Å². The molecule has 6 aromatic carbocycles. The Bertz CT molecular complexity index is 4270. The molecule has 0 bridgehead atoms. The third-order valence-electron chi connectivity index (χ3n) is 17.9. The van der Waals surface area contributed by atoms with Gasteiger partial charge in [0, 0.05) is 102 Å². The van der Waals surface area contributed by atoms with Crippen LogP contribution < -0.4 is 24.8 Å². The zero-order valence-electron chi connectivity index (χ0n) is 61.1. The second-order valence-electron chi connectivity index (χ2n) is 30.4. The van der Waals surface area contributed by atoms with Crippen LogP contribution in [-0.4, -0.2) is 143 Å². The standard InChI is InChI=1S/C30H35N3O6.C29H35BrN2O6.C20H19N3O2.CN.3CH4.Cu/c1-29(2,3)38-27(35)32-15-22(25(17-32)20-9-7-19(14-31)8-10-20)18-37-23-12-11-21-16-33(26(34)24(21)13-23)28(36)39-30(4,5)6;1-28(2,3)37-26(34)31-14-20(24(16-31)18-7-10-21(30)11-8-18)17-36-22-12-9-19-15-32(25(33)23(19)13-22)27(35)38-29(4,5)6;21-8-13-1-3-14(4-2-13)19-11-22-9-16(19)12-25-17-6-5-15-10-23-20(24)18(15)7-17;1-2;;;;/h7-13,22,25H,15-18H2,1-6H3;7-13,20,24H,14-17H2,1-6H3;1-7,16,19,22H,9-12H2,(H,23,24);;3*1H4;/q;;;-1;;;;+1/t22-,25-;20-,24-;16-,19-;;;;;/m000...../s1. The Balaban J connectivity index is 0.000000288. The molecule has 7 amide bonds. The Morgan fingerprint density at radius 3 is 1.19 bits per heavy atom. The maximum atomic E-state index is 12.9. The predicted molar refractivity (Wildman–Crippen MR) is 408 cm³/mol. The summed E-state index contributed by atoms with van der Waals surface area (Å²) in [6.45, 7) is 32.2. The number of halogens is 1. The summed E-state index contributed by atoms with van der Waals surface area (Å²) in [6, 6.07) is 43.8. The fourth-order valence-corrected chi connectivity index (χ4v) is 13.2. The molecular formula is C83H101BrCuN9O14. The maximum absolute atomic E-state index is 12.9. The molecule has 25 heteroatoms. The van der Waals surface area contributed by atoms with Gasteiger partial charge in [-0.25, -0.2) is 29.0 Å². The summed E-state index contributed by atoms with van der Waals surface area (Å²) in [5, 5.41) is 30.6. The van der Waals surface area contributed by atoms with Crippen molar-refractivity contribution < 1.29 is 83.8 Å². The van der Waals surface area contributed by atoms with Crippen LogP contribution in [0.5, 0.6) is 17.2 Å². The molecule has 108 heavy (non-hydrogen) atoms. The molecule has 6 atom stereocenters. The van der Waals surface area contributed by atoms with Crippen LogP contribution in [0.2, 0.25) is 0 Å². The number of carbonyl (C=O) groups excluding carboxylic acids is 7. The van der Waals surface area contributed by atoms with Gasteiger partial charge in [-0.15, -0.1) is 0 Å². The smallest absolute Gasteiger partial charge is 0.512 e. The first-order valence-corrected chi connectivity index (χ1v) is 35.3. The minimum absolute atomic E-state index is 0. The first kappa shape index (κ1) is 88.7. The summed E-state index contributed by atoms with van der Waals surface area (Å²) < 4.78 is 41.3. The first-order chi connectivity index (χ1) is 49.2. The van der Waals surface area contributed by atoms with Crippen LogP contribution in [0.1, 0.15) is 199 Å². The van der Waals surface area contributed by atoms with Crippen molar-refractivity contribution in [1.82, 2.24) is 30.2 Å². The van der Waals surface area contributed by atoms with Crippen molar-refractivity contribution in [3.8, 4) is 29.4 Å². The number of nitrogens with zero attached hydrogens (tertiary/aromatic N) is 7. The SMILES string of the molecule is C.C.C.CC(C)(C)OC(=O)N1C[C@@H](COc2ccc3c(c2)C(=O)N(C(=O)OC(C)(C)C)C3)[C@H](c2ccc(Br)cc2)C1.CC(C)(C)OC(=O)N1C[C@@H](COc2ccc3c(c2)C(=O)N(C(=O)OC(C)(C)C)C3)[C@H](c2ccc(C#N)cc2)C1.N#Cc1ccc([C@@H]2CNC[C@H]2COc2ccc3c(c2)C(=O)NC3)cc1.[C-]#N.[Cu+]. The van der Waals surface area contributed by atoms with Gasteiger partial charge >= 0.3 is 41.4 Å². The first-order valence-electron chi connectivity index (χ1n) is 34.5. The van der Waals surface area contributed by atoms with Gasteiger partial charge in [-0.3, -0.25) is 14.4 Å². The topological polar surface area (TPSA) is 292 Å². The monoisotopic (exact) mass is 1590 g/mol. The second kappa shape index (κ2) is 37.7. The fourth-order valence-electron chi connectivity index (χ4n) is 13.0. The molecular weight excluding hydrogens is 1490 g/mol. The molecule has 3 fully saturated rings. The molecule has 0 unspecified atom stereocenters. The normalized spacial score (nSPS) is 18.7. The molecule has 6 aliphatic rings. The summed E-state index contributed by atoms with van der Waals surface area (Å²) in [7, 11) is 0. The van der Waals surface area contributed by atoms with E-state index in [-0.39, 0.29) is 94.2 Å². The molecule has 12 rings (SSSR count). The van der Waals surface area contributed by atoms with Crippen molar-refractivity contribution >= 4 is 58.0 Å². The van der Waals surface area contributed by atoms with E-state index in [4.69, 9.17) is 55.5 Å². The van der Waals surface area contributed by atoms with Gasteiger partial charge in [0.1, 0.15) is 39.7 Å². The number of hydrogen-bond donors (Lipinski definition) is 2. The van der Waals surface area contributed by atoms with Gasteiger partial charge in [-0.05, 0) is 189 Å². The number of nitriles is 2. The van der Waals surface area contributed by atoms with Gasteiger partial charge in [0.15, 0.2) is 0 Å². The van der Waals surface area contributed by atoms with E-state index >= 15 is 0 Å². The van der Waals surface area contributed by atoms with Crippen LogP contribution >= 0.6 is 15.9 Å². The van der Waals surface area contributed by atoms with E-state index in [0.717, 1.165) is 60.9 Å². The number of amides is 7. The van der Waals surface area contributed by atoms with Crippen LogP contribution in [0.4, 0.5) is 19.2 Å². The van der Waals surface area contributed by atoms with Crippen LogP contribution in [0.25, 0.3) is 0 Å². The van der Waals surface area contributed by atoms with E-state index < -0.39 is 46.4 Å². The van der Waals surface area contributed by atoms with E-state index in [2.05, 4.69) is 50.8 Å². The predicted octanol–water partition coefficient (Wildman–Crippen LogP) is 16.0. The molecule has 0 spiro atoms. The van der Waals surface area contributed by atoms with Crippen LogP contribution in [0, 0.1) is 52.2 Å². The summed E-state index contributed by atoms with van der Waals surface area (Å²) in [6.07, 6.45) is -2.06. The van der Waals surface area contributed by atoms with E-state index in [1.54, 1.807) is 99.9 Å². The Hall–Kier alpha value is -9.96. The molecule has 0 aliphatic carbocycles. The summed E-state index contributed by atoms with van der Waals surface area (Å²) >= 11 is 3.49. The van der Waals surface area contributed by atoms with Gasteiger partial charge in [0.05, 0.1) is 56.2 Å². The molecule has 6 aromatic rings. The van der Waals surface area contributed by atoms with Gasteiger partial charge in [0.2, 0.25) is 0 Å². The number of likely N-dealkylation sites (tertiary alicyclic amines) is 2. The van der Waals surface area contributed by atoms with Gasteiger partial charge in [-0.1, -0.05) is 92.8 Å². The number of imide groups is 2. The third-order valence-corrected chi connectivity index (χ3v) is 18.4. The van der Waals surface area contributed by atoms with Crippen LogP contribution in [0.3, 0.4) is 0 Å². The average molecular weight is 1590 g/mol. The number of benzene rings is 6. The molecule has 6 aliphatic heterocycles. The van der Waals surface area contributed by atoms with Crippen molar-refractivity contribution in [2.24, 2.45) is 17.8 Å². The Labute approximate surface area is 655 Å². The number of hydrogen-bond acceptors (Lipinski definition) is 18. The molecule has 0 saturated carbocycles. The molecule has 3 saturated heterocycles. The molecule has 6 heterocycles. The largest absolute Gasteiger partial charge is 1.00 e. The van der Waals surface area contributed by atoms with Crippen LogP contribution in [0.15, 0.2) is 132 Å². The molecule has 580 valence electrons. The Kier molecular flexibility index (Phi) is 31.0. The number of rotatable bonds is 12. The third kappa shape index (κ3) is 23.3. The molecule has 0 radical (unpaired) electrons. The second-order valence-corrected chi connectivity index (χ2v) is 31.3. The molecule has 0 aromatic heterocycles. The summed E-state index contributed by atoms with van der Waals surface area (Å²) in [5.74, 6) is 1.66. The van der Waals surface area contributed by atoms with Gasteiger partial charge < -0.3 is 65.4 Å². The van der Waals surface area contributed by atoms with Crippen molar-refractivity contribution in [2.75, 3.05) is 59.1 Å². The van der Waals surface area contributed by atoms with E-state index in [9.17, 15) is 33.6 Å². The minimum Gasteiger partial charge on any atom is -0.512 e. The van der Waals surface area contributed by atoms with Gasteiger partial charge in [0.25, 0.3) is 17.7 Å². The van der Waals surface area contributed by atoms with E-state index in [0.29, 0.717) is 104 Å². The minimum atomic E-state index is -0.708. The van der Waals surface area contributed by atoms with Crippen molar-refractivity contribution in [2.45, 2.75) is 165 Å². The van der Waals surface area contributed by atoms with Gasteiger partial charge in [-0.2, -0.15) is 10.5 Å². The Morgan fingerprint density at radius 1 is 0.463 bits per heavy atom. The van der Waals surface area contributed by atoms with Crippen molar-refractivity contribution in [3.63, 3.8) is 0 Å². The maximum Gasteiger partial charge on any atom is 1.00 e. The van der Waals surface area contributed by atoms with E-state index in [1.807, 2.05) is 108 Å². The number of nitrogens with one attached hydrogen (secondary N) is 2. The average Bonchev–Trinajstić information content (AvgIpc) is 1.65. The Morgan fingerprint density at radius 2 is 0.806 bits per heavy atom. The molecule has 23 nitrogen and oxygen atoms in total. The zero-order chi connectivity index (χ0) is 75.6. The van der Waals surface area contributed by atoms with E-state index in [1.165, 1.54) is 5.56 Å². The molecule has 2 N–H and O–H groups in total.